The minimum atomic E-state index is -0.341. The van der Waals surface area contributed by atoms with E-state index in [2.05, 4.69) is 37.2 Å². The van der Waals surface area contributed by atoms with E-state index in [0.717, 1.165) is 55.7 Å². The third-order valence-corrected chi connectivity index (χ3v) is 5.81. The van der Waals surface area contributed by atoms with Gasteiger partial charge in [-0.3, -0.25) is 14.9 Å². The third kappa shape index (κ3) is 7.44. The van der Waals surface area contributed by atoms with Crippen LogP contribution in [0.15, 0.2) is 61.1 Å². The highest BCUT2D eigenvalue weighted by molar-refractivity contribution is 6.03. The summed E-state index contributed by atoms with van der Waals surface area (Å²) in [7, 11) is 0. The average molecular weight is 491 g/mol. The molecule has 4 N–H and O–H groups in total. The number of aromatic amines is 1. The second kappa shape index (κ2) is 14.1. The van der Waals surface area contributed by atoms with Crippen LogP contribution >= 0.6 is 0 Å². The van der Waals surface area contributed by atoms with Crippen molar-refractivity contribution in [3.63, 3.8) is 0 Å². The van der Waals surface area contributed by atoms with Gasteiger partial charge in [0.05, 0.1) is 0 Å². The average Bonchev–Trinajstić information content (AvgIpc) is 3.53. The van der Waals surface area contributed by atoms with Crippen LogP contribution in [-0.2, 0) is 0 Å². The Hall–Kier alpha value is -3.62. The standard InChI is InChI=1S/C23H25FN4O.C3H4N2.C2H6/c1-15-12-19(17-6-10-26-11-7-17)20(24)13-22(15)28-23(29)21-3-2-18(14-27-21)16-4-8-25-9-5-16;1-2-4-5-3-1;1-2/h2-4,6,12-14,25-26H,5,7-11H2,1H3,(H,28,29);1-3H,(H,4,5);1-2H3. The molecule has 0 saturated carbocycles. The molecule has 8 heteroatoms. The van der Waals surface area contributed by atoms with Crippen molar-refractivity contribution in [3.05, 3.63) is 89.3 Å². The maximum atomic E-state index is 14.7. The monoisotopic (exact) mass is 490 g/mol. The number of nitrogens with zero attached hydrogens (tertiary/aromatic N) is 2. The fraction of sp³-hybridized carbons (Fsp3) is 0.321. The molecule has 0 aliphatic carbocycles. The number of rotatable bonds is 4. The summed E-state index contributed by atoms with van der Waals surface area (Å²) in [6.45, 7) is 9.27. The van der Waals surface area contributed by atoms with E-state index in [1.54, 1.807) is 24.7 Å². The number of H-pyrrole nitrogens is 1. The minimum Gasteiger partial charge on any atom is -0.320 e. The van der Waals surface area contributed by atoms with Gasteiger partial charge in [-0.2, -0.15) is 5.10 Å². The molecular weight excluding hydrogens is 455 g/mol. The maximum absolute atomic E-state index is 14.7. The van der Waals surface area contributed by atoms with Gasteiger partial charge in [0.15, 0.2) is 0 Å². The molecule has 4 heterocycles. The molecule has 0 bridgehead atoms. The Kier molecular flexibility index (Phi) is 10.5. The van der Waals surface area contributed by atoms with Gasteiger partial charge in [0.2, 0.25) is 0 Å². The summed E-state index contributed by atoms with van der Waals surface area (Å²) in [5.74, 6) is -0.660. The lowest BCUT2D eigenvalue weighted by atomic mass is 9.97. The Morgan fingerprint density at radius 2 is 1.75 bits per heavy atom. The third-order valence-electron chi connectivity index (χ3n) is 5.81. The number of nitrogens with one attached hydrogen (secondary N) is 4. The number of aromatic nitrogens is 3. The SMILES string of the molecule is CC.Cc1cc(C2=CCNCC2)c(F)cc1NC(=O)c1ccc(C2=CCNCC2)cn1.c1cn[nH]c1. The topological polar surface area (TPSA) is 94.7 Å². The van der Waals surface area contributed by atoms with E-state index < -0.39 is 0 Å². The van der Waals surface area contributed by atoms with E-state index in [1.165, 1.54) is 11.6 Å². The van der Waals surface area contributed by atoms with Crippen LogP contribution in [0.1, 0.15) is 53.9 Å². The summed E-state index contributed by atoms with van der Waals surface area (Å²) >= 11 is 0. The van der Waals surface area contributed by atoms with Gasteiger partial charge in [-0.15, -0.1) is 0 Å². The van der Waals surface area contributed by atoms with E-state index in [9.17, 15) is 9.18 Å². The molecule has 5 rings (SSSR count). The Bertz CT molecular complexity index is 1150. The number of aryl methyl sites for hydroxylation is 1. The Labute approximate surface area is 212 Å². The molecule has 2 aliphatic rings. The number of carbonyl (C=O) groups is 1. The number of hydrogen-bond donors (Lipinski definition) is 4. The summed E-state index contributed by atoms with van der Waals surface area (Å²) in [6.07, 6.45) is 11.1. The van der Waals surface area contributed by atoms with Gasteiger partial charge in [-0.05, 0) is 79.4 Å². The van der Waals surface area contributed by atoms with Crippen LogP contribution < -0.4 is 16.0 Å². The number of hydrogen-bond acceptors (Lipinski definition) is 5. The first-order chi connectivity index (χ1) is 17.6. The Morgan fingerprint density at radius 3 is 2.28 bits per heavy atom. The zero-order valence-electron chi connectivity index (χ0n) is 21.2. The highest BCUT2D eigenvalue weighted by Gasteiger charge is 2.16. The normalized spacial score (nSPS) is 14.8. The quantitative estimate of drug-likeness (QED) is 0.414. The molecular formula is C28H35FN6O. The zero-order valence-corrected chi connectivity index (χ0v) is 21.2. The lowest BCUT2D eigenvalue weighted by Crippen LogP contribution is -2.20. The van der Waals surface area contributed by atoms with Crippen molar-refractivity contribution < 1.29 is 9.18 Å². The summed E-state index contributed by atoms with van der Waals surface area (Å²) < 4.78 is 14.7. The van der Waals surface area contributed by atoms with E-state index in [0.29, 0.717) is 16.9 Å². The van der Waals surface area contributed by atoms with Gasteiger partial charge >= 0.3 is 0 Å². The summed E-state index contributed by atoms with van der Waals surface area (Å²) in [6, 6.07) is 8.68. The van der Waals surface area contributed by atoms with Crippen LogP contribution in [0.5, 0.6) is 0 Å². The van der Waals surface area contributed by atoms with E-state index in [-0.39, 0.29) is 11.7 Å². The van der Waals surface area contributed by atoms with E-state index in [1.807, 2.05) is 45.0 Å². The predicted octanol–water partition coefficient (Wildman–Crippen LogP) is 4.97. The number of amides is 1. The lowest BCUT2D eigenvalue weighted by Gasteiger charge is -2.17. The second-order valence-corrected chi connectivity index (χ2v) is 8.17. The molecule has 2 aromatic heterocycles. The van der Waals surface area contributed by atoms with Crippen molar-refractivity contribution in [2.24, 2.45) is 0 Å². The van der Waals surface area contributed by atoms with Crippen molar-refractivity contribution >= 4 is 22.7 Å². The molecule has 2 aliphatic heterocycles. The van der Waals surface area contributed by atoms with Crippen molar-refractivity contribution in [3.8, 4) is 0 Å². The molecule has 0 radical (unpaired) electrons. The fourth-order valence-corrected chi connectivity index (χ4v) is 3.93. The molecule has 1 amide bonds. The predicted molar refractivity (Wildman–Crippen MR) is 144 cm³/mol. The van der Waals surface area contributed by atoms with Gasteiger partial charge in [-0.1, -0.05) is 32.1 Å². The molecule has 190 valence electrons. The summed E-state index contributed by atoms with van der Waals surface area (Å²) in [5.41, 5.74) is 5.50. The minimum absolute atomic E-state index is 0.313. The highest BCUT2D eigenvalue weighted by atomic mass is 19.1. The number of carbonyl (C=O) groups excluding carboxylic acids is 1. The highest BCUT2D eigenvalue weighted by Crippen LogP contribution is 2.28. The molecule has 0 spiro atoms. The first kappa shape index (κ1) is 27.0. The van der Waals surface area contributed by atoms with Gasteiger partial charge in [0.25, 0.3) is 5.91 Å². The molecule has 0 saturated heterocycles. The first-order valence-corrected chi connectivity index (χ1v) is 12.4. The Balaban J connectivity index is 0.000000452. The molecule has 36 heavy (non-hydrogen) atoms. The van der Waals surface area contributed by atoms with Gasteiger partial charge in [-0.25, -0.2) is 4.39 Å². The number of halogens is 1. The zero-order chi connectivity index (χ0) is 25.8. The first-order valence-electron chi connectivity index (χ1n) is 12.4. The molecule has 0 unspecified atom stereocenters. The van der Waals surface area contributed by atoms with E-state index in [4.69, 9.17) is 0 Å². The van der Waals surface area contributed by atoms with Gasteiger partial charge < -0.3 is 16.0 Å². The van der Waals surface area contributed by atoms with Crippen molar-refractivity contribution in [1.29, 1.82) is 0 Å². The largest absolute Gasteiger partial charge is 0.320 e. The van der Waals surface area contributed by atoms with Crippen LogP contribution in [0.25, 0.3) is 11.1 Å². The van der Waals surface area contributed by atoms with Crippen molar-refractivity contribution in [2.45, 2.75) is 33.6 Å². The van der Waals surface area contributed by atoms with Crippen LogP contribution in [0, 0.1) is 12.7 Å². The molecule has 7 nitrogen and oxygen atoms in total. The van der Waals surface area contributed by atoms with Crippen LogP contribution in [-0.4, -0.2) is 47.3 Å². The van der Waals surface area contributed by atoms with E-state index >= 15 is 0 Å². The van der Waals surface area contributed by atoms with Crippen LogP contribution in [0.3, 0.4) is 0 Å². The van der Waals surface area contributed by atoms with Crippen LogP contribution in [0.2, 0.25) is 0 Å². The molecule has 3 aromatic rings. The van der Waals surface area contributed by atoms with Gasteiger partial charge in [0, 0.05) is 42.9 Å². The second-order valence-electron chi connectivity index (χ2n) is 8.17. The molecule has 1 aromatic carbocycles. The Morgan fingerprint density at radius 1 is 1.03 bits per heavy atom. The molecule has 0 atom stereocenters. The lowest BCUT2D eigenvalue weighted by molar-refractivity contribution is 0.102. The number of benzene rings is 1. The van der Waals surface area contributed by atoms with Crippen LogP contribution in [0.4, 0.5) is 10.1 Å². The van der Waals surface area contributed by atoms with Crippen molar-refractivity contribution in [1.82, 2.24) is 25.8 Å². The number of anilines is 1. The number of pyridine rings is 1. The fourth-order valence-electron chi connectivity index (χ4n) is 3.93. The van der Waals surface area contributed by atoms with Gasteiger partial charge in [0.1, 0.15) is 11.5 Å². The summed E-state index contributed by atoms with van der Waals surface area (Å²) in [5, 5.41) is 15.5. The summed E-state index contributed by atoms with van der Waals surface area (Å²) in [4.78, 5) is 16.9. The molecule has 0 fully saturated rings. The van der Waals surface area contributed by atoms with Crippen molar-refractivity contribution in [2.75, 3.05) is 31.5 Å². The smallest absolute Gasteiger partial charge is 0.274 e. The maximum Gasteiger partial charge on any atom is 0.274 e.